The fourth-order valence-corrected chi connectivity index (χ4v) is 2.34. The van der Waals surface area contributed by atoms with E-state index in [1.807, 2.05) is 0 Å². The number of carbonyl (C=O) groups excluding carboxylic acids is 2. The second-order valence-electron chi connectivity index (χ2n) is 5.80. The third-order valence-corrected chi connectivity index (χ3v) is 3.80. The molecule has 0 radical (unpaired) electrons. The van der Waals surface area contributed by atoms with Gasteiger partial charge in [0, 0.05) is 17.4 Å². The van der Waals surface area contributed by atoms with Gasteiger partial charge in [0.1, 0.15) is 17.7 Å². The average Bonchev–Trinajstić information content (AvgIpc) is 2.61. The second kappa shape index (κ2) is 8.98. The summed E-state index contributed by atoms with van der Waals surface area (Å²) in [7, 11) is 0. The predicted octanol–water partition coefficient (Wildman–Crippen LogP) is 4.28. The highest BCUT2D eigenvalue weighted by atomic mass is 19.1. The minimum atomic E-state index is -0.746. The molecule has 0 saturated heterocycles. The first-order valence-corrected chi connectivity index (χ1v) is 8.37. The standard InChI is InChI=1S/C19H21F2N3O3/c1-4-27-19(26)24-16-7-5-6-15(11(16)2)22-12(3)18(25)23-17-10-13(20)8-9-14(17)21/h5-10,12,22H,4H2,1-3H3,(H,23,25)(H,24,26)/t12-/m0/s1. The van der Waals surface area contributed by atoms with Crippen molar-refractivity contribution in [1.29, 1.82) is 0 Å². The summed E-state index contributed by atoms with van der Waals surface area (Å²) in [5.41, 5.74) is 1.60. The normalized spacial score (nSPS) is 11.4. The summed E-state index contributed by atoms with van der Waals surface area (Å²) in [4.78, 5) is 23.9. The molecule has 2 amide bonds. The summed E-state index contributed by atoms with van der Waals surface area (Å²) < 4.78 is 31.7. The number of anilines is 3. The van der Waals surface area contributed by atoms with Crippen molar-refractivity contribution >= 4 is 29.1 Å². The van der Waals surface area contributed by atoms with Crippen molar-refractivity contribution in [2.24, 2.45) is 0 Å². The maximum absolute atomic E-state index is 13.7. The van der Waals surface area contributed by atoms with E-state index in [1.54, 1.807) is 39.0 Å². The molecular formula is C19H21F2N3O3. The van der Waals surface area contributed by atoms with Gasteiger partial charge in [0.25, 0.3) is 0 Å². The van der Waals surface area contributed by atoms with Crippen molar-refractivity contribution in [3.05, 3.63) is 53.6 Å². The van der Waals surface area contributed by atoms with Crippen molar-refractivity contribution in [1.82, 2.24) is 0 Å². The van der Waals surface area contributed by atoms with Crippen molar-refractivity contribution in [2.75, 3.05) is 22.6 Å². The van der Waals surface area contributed by atoms with E-state index in [-0.39, 0.29) is 12.3 Å². The number of nitrogens with one attached hydrogen (secondary N) is 3. The molecular weight excluding hydrogens is 356 g/mol. The molecule has 0 aromatic heterocycles. The van der Waals surface area contributed by atoms with E-state index in [9.17, 15) is 18.4 Å². The fraction of sp³-hybridized carbons (Fsp3) is 0.263. The molecule has 2 aromatic carbocycles. The Balaban J connectivity index is 2.08. The first-order valence-electron chi connectivity index (χ1n) is 8.37. The van der Waals surface area contributed by atoms with Crippen LogP contribution in [-0.2, 0) is 9.53 Å². The lowest BCUT2D eigenvalue weighted by atomic mass is 10.1. The second-order valence-corrected chi connectivity index (χ2v) is 5.80. The summed E-state index contributed by atoms with van der Waals surface area (Å²) in [5, 5.41) is 7.95. The monoisotopic (exact) mass is 377 g/mol. The first kappa shape index (κ1) is 20.2. The van der Waals surface area contributed by atoms with Gasteiger partial charge in [-0.25, -0.2) is 13.6 Å². The third kappa shape index (κ3) is 5.40. The number of benzene rings is 2. The first-order chi connectivity index (χ1) is 12.8. The van der Waals surface area contributed by atoms with Crippen LogP contribution >= 0.6 is 0 Å². The number of hydrogen-bond donors (Lipinski definition) is 3. The topological polar surface area (TPSA) is 79.5 Å². The minimum Gasteiger partial charge on any atom is -0.450 e. The minimum absolute atomic E-state index is 0.233. The van der Waals surface area contributed by atoms with E-state index >= 15 is 0 Å². The molecule has 0 fully saturated rings. The van der Waals surface area contributed by atoms with Crippen LogP contribution in [0.25, 0.3) is 0 Å². The van der Waals surface area contributed by atoms with Gasteiger partial charge in [-0.3, -0.25) is 10.1 Å². The zero-order valence-corrected chi connectivity index (χ0v) is 15.2. The number of hydrogen-bond acceptors (Lipinski definition) is 4. The van der Waals surface area contributed by atoms with E-state index in [1.165, 1.54) is 0 Å². The molecule has 0 aliphatic carbocycles. The lowest BCUT2D eigenvalue weighted by molar-refractivity contribution is -0.116. The molecule has 1 atom stereocenters. The molecule has 2 rings (SSSR count). The van der Waals surface area contributed by atoms with Crippen LogP contribution in [0.3, 0.4) is 0 Å². The zero-order valence-electron chi connectivity index (χ0n) is 15.2. The zero-order chi connectivity index (χ0) is 20.0. The van der Waals surface area contributed by atoms with Gasteiger partial charge in [0.2, 0.25) is 5.91 Å². The highest BCUT2D eigenvalue weighted by Gasteiger charge is 2.17. The summed E-state index contributed by atoms with van der Waals surface area (Å²) in [5.74, 6) is -1.92. The van der Waals surface area contributed by atoms with Gasteiger partial charge in [-0.2, -0.15) is 0 Å². The van der Waals surface area contributed by atoms with Gasteiger partial charge < -0.3 is 15.4 Å². The van der Waals surface area contributed by atoms with Crippen molar-refractivity contribution in [3.63, 3.8) is 0 Å². The Bertz CT molecular complexity index is 843. The van der Waals surface area contributed by atoms with Gasteiger partial charge in [-0.1, -0.05) is 6.07 Å². The summed E-state index contributed by atoms with van der Waals surface area (Å²) in [6.07, 6.45) is -0.579. The van der Waals surface area contributed by atoms with Gasteiger partial charge in [-0.15, -0.1) is 0 Å². The fourth-order valence-electron chi connectivity index (χ4n) is 2.34. The van der Waals surface area contributed by atoms with E-state index < -0.39 is 29.7 Å². The van der Waals surface area contributed by atoms with Crippen LogP contribution in [0, 0.1) is 18.6 Å². The Morgan fingerprint density at radius 1 is 1.07 bits per heavy atom. The van der Waals surface area contributed by atoms with E-state index in [2.05, 4.69) is 16.0 Å². The molecule has 3 N–H and O–H groups in total. The Labute approximate surface area is 155 Å². The van der Waals surface area contributed by atoms with E-state index in [0.29, 0.717) is 16.9 Å². The molecule has 0 saturated carbocycles. The number of amides is 2. The molecule has 0 aliphatic heterocycles. The average molecular weight is 377 g/mol. The summed E-state index contributed by atoms with van der Waals surface area (Å²) >= 11 is 0. The Morgan fingerprint density at radius 2 is 1.78 bits per heavy atom. The van der Waals surface area contributed by atoms with E-state index in [4.69, 9.17) is 4.74 Å². The SMILES string of the molecule is CCOC(=O)Nc1cccc(N[C@@H](C)C(=O)Nc2cc(F)ccc2F)c1C. The summed E-state index contributed by atoms with van der Waals surface area (Å²) in [6.45, 7) is 5.29. The van der Waals surface area contributed by atoms with Crippen LogP contribution in [0.2, 0.25) is 0 Å². The molecule has 0 bridgehead atoms. The van der Waals surface area contributed by atoms with Gasteiger partial charge >= 0.3 is 6.09 Å². The van der Waals surface area contributed by atoms with Crippen LogP contribution in [0.15, 0.2) is 36.4 Å². The maximum atomic E-state index is 13.7. The smallest absolute Gasteiger partial charge is 0.411 e. The molecule has 2 aromatic rings. The van der Waals surface area contributed by atoms with Crippen LogP contribution in [0.1, 0.15) is 19.4 Å². The number of halogens is 2. The van der Waals surface area contributed by atoms with Gasteiger partial charge in [-0.05, 0) is 50.6 Å². The van der Waals surface area contributed by atoms with Crippen LogP contribution in [0.5, 0.6) is 0 Å². The van der Waals surface area contributed by atoms with Crippen molar-refractivity contribution in [2.45, 2.75) is 26.8 Å². The van der Waals surface area contributed by atoms with Crippen LogP contribution in [0.4, 0.5) is 30.6 Å². The maximum Gasteiger partial charge on any atom is 0.411 e. The number of ether oxygens (including phenoxy) is 1. The molecule has 144 valence electrons. The molecule has 0 aliphatic rings. The lowest BCUT2D eigenvalue weighted by Crippen LogP contribution is -2.32. The van der Waals surface area contributed by atoms with Crippen LogP contribution < -0.4 is 16.0 Å². The van der Waals surface area contributed by atoms with Gasteiger partial charge in [0.15, 0.2) is 0 Å². The van der Waals surface area contributed by atoms with Crippen LogP contribution in [-0.4, -0.2) is 24.6 Å². The highest BCUT2D eigenvalue weighted by molar-refractivity contribution is 5.96. The summed E-state index contributed by atoms with van der Waals surface area (Å²) in [6, 6.07) is 7.21. The predicted molar refractivity (Wildman–Crippen MR) is 99.9 cm³/mol. The third-order valence-electron chi connectivity index (χ3n) is 3.80. The van der Waals surface area contributed by atoms with Crippen molar-refractivity contribution < 1.29 is 23.1 Å². The lowest BCUT2D eigenvalue weighted by Gasteiger charge is -2.19. The largest absolute Gasteiger partial charge is 0.450 e. The van der Waals surface area contributed by atoms with Crippen molar-refractivity contribution in [3.8, 4) is 0 Å². The van der Waals surface area contributed by atoms with E-state index in [0.717, 1.165) is 18.2 Å². The Morgan fingerprint density at radius 3 is 2.48 bits per heavy atom. The molecule has 0 spiro atoms. The molecule has 0 heterocycles. The Hall–Kier alpha value is -3.16. The van der Waals surface area contributed by atoms with Gasteiger partial charge in [0.05, 0.1) is 12.3 Å². The molecule has 8 heteroatoms. The molecule has 0 unspecified atom stereocenters. The molecule has 27 heavy (non-hydrogen) atoms. The highest BCUT2D eigenvalue weighted by Crippen LogP contribution is 2.24. The number of carbonyl (C=O) groups is 2. The molecule has 6 nitrogen and oxygen atoms in total. The number of rotatable bonds is 6. The quantitative estimate of drug-likeness (QED) is 0.702. The Kier molecular flexibility index (Phi) is 6.70.